The van der Waals surface area contributed by atoms with Crippen molar-refractivity contribution in [2.75, 3.05) is 5.73 Å². The van der Waals surface area contributed by atoms with E-state index in [0.29, 0.717) is 11.0 Å². The molecule has 1 atom stereocenters. The fourth-order valence-electron chi connectivity index (χ4n) is 2.14. The zero-order chi connectivity index (χ0) is 11.5. The van der Waals surface area contributed by atoms with Crippen LogP contribution >= 0.6 is 15.9 Å². The van der Waals surface area contributed by atoms with E-state index in [4.69, 9.17) is 5.73 Å². The molecule has 0 saturated heterocycles. The van der Waals surface area contributed by atoms with Crippen LogP contribution in [0.25, 0.3) is 0 Å². The van der Waals surface area contributed by atoms with Crippen LogP contribution in [0.5, 0.6) is 0 Å². The average molecular weight is 302 g/mol. The Bertz CT molecular complexity index is 382. The van der Waals surface area contributed by atoms with Gasteiger partial charge in [0.1, 0.15) is 0 Å². The van der Waals surface area contributed by atoms with E-state index < -0.39 is 10.8 Å². The summed E-state index contributed by atoms with van der Waals surface area (Å²) in [4.78, 5) is 0. The van der Waals surface area contributed by atoms with Gasteiger partial charge in [-0.05, 0) is 25.0 Å². The summed E-state index contributed by atoms with van der Waals surface area (Å²) in [5.41, 5.74) is 7.63. The van der Waals surface area contributed by atoms with Crippen molar-refractivity contribution in [1.29, 1.82) is 0 Å². The second kappa shape index (κ2) is 5.32. The summed E-state index contributed by atoms with van der Waals surface area (Å²) in [7, 11) is -0.777. The highest BCUT2D eigenvalue weighted by molar-refractivity contribution is 9.10. The molecule has 0 amide bonds. The normalized spacial score (nSPS) is 18.8. The first kappa shape index (κ1) is 12.1. The van der Waals surface area contributed by atoms with Gasteiger partial charge in [-0.3, -0.25) is 4.21 Å². The van der Waals surface area contributed by atoms with Gasteiger partial charge in [0.25, 0.3) is 0 Å². The second-order valence-electron chi connectivity index (χ2n) is 4.24. The van der Waals surface area contributed by atoms with Crippen LogP contribution in [0, 0.1) is 0 Å². The molecule has 4 heteroatoms. The second-order valence-corrected chi connectivity index (χ2v) is 6.81. The molecule has 1 aliphatic carbocycles. The van der Waals surface area contributed by atoms with Crippen LogP contribution in [-0.2, 0) is 16.6 Å². The molecule has 16 heavy (non-hydrogen) atoms. The predicted octanol–water partition coefficient (Wildman–Crippen LogP) is 3.22. The average Bonchev–Trinajstić information content (AvgIpc) is 2.76. The van der Waals surface area contributed by atoms with Crippen molar-refractivity contribution >= 4 is 32.4 Å². The number of hydrogen-bond acceptors (Lipinski definition) is 2. The Kier molecular flexibility index (Phi) is 4.03. The summed E-state index contributed by atoms with van der Waals surface area (Å²) in [6, 6.07) is 5.73. The Labute approximate surface area is 107 Å². The smallest absolute Gasteiger partial charge is 0.0520 e. The Morgan fingerprint density at radius 3 is 2.69 bits per heavy atom. The van der Waals surface area contributed by atoms with E-state index in [1.54, 1.807) is 0 Å². The quantitative estimate of drug-likeness (QED) is 0.871. The number of hydrogen-bond donors (Lipinski definition) is 1. The molecule has 0 aliphatic heterocycles. The molecule has 1 unspecified atom stereocenters. The number of rotatable bonds is 3. The summed E-state index contributed by atoms with van der Waals surface area (Å²) in [5.74, 6) is 0.581. The van der Waals surface area contributed by atoms with Crippen LogP contribution in [0.15, 0.2) is 22.7 Å². The molecular weight excluding hydrogens is 286 g/mol. The van der Waals surface area contributed by atoms with E-state index in [0.717, 1.165) is 28.6 Å². The summed E-state index contributed by atoms with van der Waals surface area (Å²) >= 11 is 3.47. The maximum Gasteiger partial charge on any atom is 0.0520 e. The molecule has 1 fully saturated rings. The van der Waals surface area contributed by atoms with Gasteiger partial charge in [0.05, 0.1) is 5.75 Å². The van der Waals surface area contributed by atoms with Crippen LogP contribution < -0.4 is 5.73 Å². The monoisotopic (exact) mass is 301 g/mol. The first-order valence-electron chi connectivity index (χ1n) is 5.58. The maximum atomic E-state index is 12.2. The lowest BCUT2D eigenvalue weighted by Crippen LogP contribution is -2.13. The molecule has 0 bridgehead atoms. The van der Waals surface area contributed by atoms with E-state index in [1.165, 1.54) is 12.8 Å². The van der Waals surface area contributed by atoms with Crippen molar-refractivity contribution < 1.29 is 4.21 Å². The van der Waals surface area contributed by atoms with Crippen LogP contribution in [0.1, 0.15) is 31.2 Å². The molecular formula is C12H16BrNOS. The molecule has 1 saturated carbocycles. The molecule has 0 heterocycles. The van der Waals surface area contributed by atoms with Gasteiger partial charge in [-0.25, -0.2) is 0 Å². The molecule has 0 aromatic heterocycles. The third kappa shape index (κ3) is 2.66. The van der Waals surface area contributed by atoms with Gasteiger partial charge in [0.2, 0.25) is 0 Å². The number of halogens is 1. The Hall–Kier alpha value is -0.350. The Balaban J connectivity index is 2.11. The van der Waals surface area contributed by atoms with Gasteiger partial charge < -0.3 is 5.73 Å². The summed E-state index contributed by atoms with van der Waals surface area (Å²) in [6.45, 7) is 0. The minimum atomic E-state index is -0.777. The largest absolute Gasteiger partial charge is 0.398 e. The molecule has 2 rings (SSSR count). The number of nitrogens with two attached hydrogens (primary N) is 1. The van der Waals surface area contributed by atoms with E-state index in [2.05, 4.69) is 15.9 Å². The topological polar surface area (TPSA) is 43.1 Å². The van der Waals surface area contributed by atoms with Gasteiger partial charge in [-0.1, -0.05) is 34.8 Å². The predicted molar refractivity (Wildman–Crippen MR) is 72.7 cm³/mol. The minimum absolute atomic E-state index is 0.381. The third-order valence-corrected chi connectivity index (χ3v) is 5.65. The highest BCUT2D eigenvalue weighted by Crippen LogP contribution is 2.29. The fourth-order valence-corrected chi connectivity index (χ4v) is 4.55. The van der Waals surface area contributed by atoms with Crippen LogP contribution in [0.4, 0.5) is 5.69 Å². The molecule has 1 aliphatic rings. The van der Waals surface area contributed by atoms with Crippen molar-refractivity contribution in [3.63, 3.8) is 0 Å². The zero-order valence-corrected chi connectivity index (χ0v) is 11.5. The number of benzene rings is 1. The van der Waals surface area contributed by atoms with Crippen LogP contribution in [-0.4, -0.2) is 9.46 Å². The summed E-state index contributed by atoms with van der Waals surface area (Å²) in [6.07, 6.45) is 4.66. The van der Waals surface area contributed by atoms with E-state index in [1.807, 2.05) is 18.2 Å². The molecule has 2 nitrogen and oxygen atoms in total. The van der Waals surface area contributed by atoms with Crippen molar-refractivity contribution in [1.82, 2.24) is 0 Å². The van der Waals surface area contributed by atoms with Crippen molar-refractivity contribution in [2.24, 2.45) is 0 Å². The minimum Gasteiger partial charge on any atom is -0.398 e. The maximum absolute atomic E-state index is 12.2. The van der Waals surface area contributed by atoms with Gasteiger partial charge in [-0.15, -0.1) is 0 Å². The van der Waals surface area contributed by atoms with Gasteiger partial charge in [0.15, 0.2) is 0 Å². The molecule has 1 aromatic carbocycles. The molecule has 0 radical (unpaired) electrons. The van der Waals surface area contributed by atoms with E-state index in [9.17, 15) is 4.21 Å². The molecule has 0 spiro atoms. The summed E-state index contributed by atoms with van der Waals surface area (Å²) < 4.78 is 13.1. The van der Waals surface area contributed by atoms with E-state index >= 15 is 0 Å². The van der Waals surface area contributed by atoms with Crippen molar-refractivity contribution in [3.8, 4) is 0 Å². The lowest BCUT2D eigenvalue weighted by molar-refractivity contribution is 0.668. The molecule has 88 valence electrons. The first-order valence-corrected chi connectivity index (χ1v) is 7.76. The number of nitrogen functional groups attached to an aromatic ring is 1. The molecule has 1 aromatic rings. The highest BCUT2D eigenvalue weighted by atomic mass is 79.9. The molecule has 2 N–H and O–H groups in total. The summed E-state index contributed by atoms with van der Waals surface area (Å²) in [5, 5.41) is 0.381. The van der Waals surface area contributed by atoms with Crippen LogP contribution in [0.2, 0.25) is 0 Å². The standard InChI is InChI=1S/C12H16BrNOS/c13-11-6-3-7-12(14)10(11)8-16(15)9-4-1-2-5-9/h3,6-7,9H,1-2,4-5,8,14H2. The van der Waals surface area contributed by atoms with Crippen LogP contribution in [0.3, 0.4) is 0 Å². The number of anilines is 1. The van der Waals surface area contributed by atoms with Crippen molar-refractivity contribution in [2.45, 2.75) is 36.7 Å². The van der Waals surface area contributed by atoms with Gasteiger partial charge >= 0.3 is 0 Å². The zero-order valence-electron chi connectivity index (χ0n) is 9.12. The highest BCUT2D eigenvalue weighted by Gasteiger charge is 2.22. The lowest BCUT2D eigenvalue weighted by atomic mass is 10.2. The van der Waals surface area contributed by atoms with Gasteiger partial charge in [0, 0.05) is 31.8 Å². The SMILES string of the molecule is Nc1cccc(Br)c1CS(=O)C1CCCC1. The Morgan fingerprint density at radius 2 is 2.06 bits per heavy atom. The van der Waals surface area contributed by atoms with Crippen molar-refractivity contribution in [3.05, 3.63) is 28.2 Å². The first-order chi connectivity index (χ1) is 7.68. The third-order valence-electron chi connectivity index (χ3n) is 3.12. The lowest BCUT2D eigenvalue weighted by Gasteiger charge is -2.12. The Morgan fingerprint density at radius 1 is 1.38 bits per heavy atom. The fraction of sp³-hybridized carbons (Fsp3) is 0.500. The van der Waals surface area contributed by atoms with E-state index in [-0.39, 0.29) is 0 Å². The van der Waals surface area contributed by atoms with Gasteiger partial charge in [-0.2, -0.15) is 0 Å².